The zero-order valence-corrected chi connectivity index (χ0v) is 15.9. The van der Waals surface area contributed by atoms with Crippen molar-refractivity contribution in [2.24, 2.45) is 0 Å². The first-order chi connectivity index (χ1) is 12.1. The van der Waals surface area contributed by atoms with Crippen molar-refractivity contribution in [3.8, 4) is 0 Å². The lowest BCUT2D eigenvalue weighted by molar-refractivity contribution is 0.0656. The van der Waals surface area contributed by atoms with E-state index in [0.29, 0.717) is 17.2 Å². The summed E-state index contributed by atoms with van der Waals surface area (Å²) in [5, 5.41) is 1.83. The maximum absolute atomic E-state index is 12.9. The number of likely N-dealkylation sites (tertiary alicyclic amines) is 1. The highest BCUT2D eigenvalue weighted by atomic mass is 32.2. The molecule has 0 amide bonds. The van der Waals surface area contributed by atoms with Gasteiger partial charge in [0.25, 0.3) is 10.0 Å². The lowest BCUT2D eigenvalue weighted by Gasteiger charge is -2.22. The van der Waals surface area contributed by atoms with E-state index in [0.717, 1.165) is 30.1 Å². The summed E-state index contributed by atoms with van der Waals surface area (Å²) in [6.07, 6.45) is 2.17. The third kappa shape index (κ3) is 2.99. The third-order valence-corrected chi connectivity index (χ3v) is 7.90. The lowest BCUT2D eigenvalue weighted by atomic mass is 10.1. The van der Waals surface area contributed by atoms with Crippen molar-refractivity contribution in [1.82, 2.24) is 4.90 Å². The van der Waals surface area contributed by atoms with Gasteiger partial charge in [-0.3, -0.25) is 4.31 Å². The van der Waals surface area contributed by atoms with Gasteiger partial charge in [-0.2, -0.15) is 0 Å². The van der Waals surface area contributed by atoms with Crippen molar-refractivity contribution < 1.29 is 13.2 Å². The standard InChI is InChI=1S/C18H22N2O3S2/c1-19-15-7-3-2-6-14(15)17(23-12-11-20-9-4-5-10-20)18-16(8-13-24-18)25(19,21)22/h2-3,6-8,13,17H,4-5,9-12H2,1H3. The Balaban J connectivity index is 1.69. The molecule has 1 atom stereocenters. The Bertz CT molecular complexity index is 857. The summed E-state index contributed by atoms with van der Waals surface area (Å²) < 4.78 is 33.5. The monoisotopic (exact) mass is 378 g/mol. The highest BCUT2D eigenvalue weighted by Crippen LogP contribution is 2.44. The van der Waals surface area contributed by atoms with Crippen molar-refractivity contribution in [2.45, 2.75) is 23.8 Å². The fraction of sp³-hybridized carbons (Fsp3) is 0.444. The van der Waals surface area contributed by atoms with Crippen LogP contribution in [0.15, 0.2) is 40.6 Å². The van der Waals surface area contributed by atoms with Crippen LogP contribution in [0.2, 0.25) is 0 Å². The number of fused-ring (bicyclic) bond motifs is 2. The molecule has 2 aliphatic rings. The zero-order valence-electron chi connectivity index (χ0n) is 14.2. The van der Waals surface area contributed by atoms with Crippen LogP contribution in [0.4, 0.5) is 5.69 Å². The van der Waals surface area contributed by atoms with Gasteiger partial charge in [-0.1, -0.05) is 18.2 Å². The quantitative estimate of drug-likeness (QED) is 0.820. The Hall–Kier alpha value is -1.41. The molecule has 1 unspecified atom stereocenters. The summed E-state index contributed by atoms with van der Waals surface area (Å²) in [6, 6.07) is 9.31. The normalized spacial score (nSPS) is 22.4. The summed E-state index contributed by atoms with van der Waals surface area (Å²) in [5.74, 6) is 0. The molecule has 1 fully saturated rings. The Labute approximate surface area is 152 Å². The molecule has 2 aromatic rings. The molecule has 0 aliphatic carbocycles. The Morgan fingerprint density at radius 1 is 1.20 bits per heavy atom. The predicted octanol–water partition coefficient (Wildman–Crippen LogP) is 3.09. The smallest absolute Gasteiger partial charge is 0.265 e. The number of sulfonamides is 1. The molecule has 4 rings (SSSR count). The molecule has 134 valence electrons. The highest BCUT2D eigenvalue weighted by Gasteiger charge is 2.36. The van der Waals surface area contributed by atoms with E-state index in [2.05, 4.69) is 4.90 Å². The van der Waals surface area contributed by atoms with E-state index in [4.69, 9.17) is 4.74 Å². The zero-order chi connectivity index (χ0) is 17.4. The van der Waals surface area contributed by atoms with Crippen LogP contribution < -0.4 is 4.31 Å². The van der Waals surface area contributed by atoms with Crippen LogP contribution in [0, 0.1) is 0 Å². The number of hydrogen-bond donors (Lipinski definition) is 0. The molecule has 0 N–H and O–H groups in total. The van der Waals surface area contributed by atoms with Gasteiger partial charge in [-0.05, 0) is 43.4 Å². The maximum Gasteiger partial charge on any atom is 0.265 e. The first-order valence-corrected chi connectivity index (χ1v) is 10.9. The summed E-state index contributed by atoms with van der Waals surface area (Å²) in [6.45, 7) is 3.75. The first-order valence-electron chi connectivity index (χ1n) is 8.58. The number of para-hydroxylation sites is 1. The summed E-state index contributed by atoms with van der Waals surface area (Å²) in [4.78, 5) is 3.54. The molecule has 1 aromatic carbocycles. The van der Waals surface area contributed by atoms with Crippen LogP contribution in [0.3, 0.4) is 0 Å². The fourth-order valence-electron chi connectivity index (χ4n) is 3.60. The average molecular weight is 379 g/mol. The second kappa shape index (κ2) is 6.72. The number of benzene rings is 1. The molecule has 1 aromatic heterocycles. The lowest BCUT2D eigenvalue weighted by Crippen LogP contribution is -2.26. The number of rotatable bonds is 4. The molecule has 1 saturated heterocycles. The molecule has 0 saturated carbocycles. The predicted molar refractivity (Wildman–Crippen MR) is 99.8 cm³/mol. The largest absolute Gasteiger partial charge is 0.366 e. The number of anilines is 1. The fourth-order valence-corrected chi connectivity index (χ4v) is 6.32. The van der Waals surface area contributed by atoms with Crippen LogP contribution in [0.1, 0.15) is 29.4 Å². The SMILES string of the molecule is CN1c2ccccc2C(OCCN2CCCC2)c2sccc2S1(=O)=O. The van der Waals surface area contributed by atoms with Crippen molar-refractivity contribution in [3.63, 3.8) is 0 Å². The van der Waals surface area contributed by atoms with Crippen LogP contribution in [-0.2, 0) is 14.8 Å². The second-order valence-electron chi connectivity index (χ2n) is 6.48. The Morgan fingerprint density at radius 2 is 1.96 bits per heavy atom. The molecule has 0 bridgehead atoms. The second-order valence-corrected chi connectivity index (χ2v) is 9.37. The molecule has 0 radical (unpaired) electrons. The van der Waals surface area contributed by atoms with Gasteiger partial charge in [0.05, 0.1) is 17.2 Å². The molecule has 25 heavy (non-hydrogen) atoms. The van der Waals surface area contributed by atoms with Gasteiger partial charge in [0, 0.05) is 19.2 Å². The number of thiophene rings is 1. The van der Waals surface area contributed by atoms with Gasteiger partial charge in [0.2, 0.25) is 0 Å². The number of hydrogen-bond acceptors (Lipinski definition) is 5. The first kappa shape index (κ1) is 17.0. The van der Waals surface area contributed by atoms with Crippen LogP contribution in [0.5, 0.6) is 0 Å². The minimum atomic E-state index is -3.55. The summed E-state index contributed by atoms with van der Waals surface area (Å²) in [7, 11) is -1.93. The summed E-state index contributed by atoms with van der Waals surface area (Å²) in [5.41, 5.74) is 1.60. The van der Waals surface area contributed by atoms with Gasteiger partial charge in [-0.25, -0.2) is 8.42 Å². The van der Waals surface area contributed by atoms with E-state index in [1.165, 1.54) is 28.5 Å². The van der Waals surface area contributed by atoms with E-state index in [1.807, 2.05) is 29.6 Å². The van der Waals surface area contributed by atoms with Crippen molar-refractivity contribution in [3.05, 3.63) is 46.2 Å². The van der Waals surface area contributed by atoms with E-state index in [1.54, 1.807) is 13.1 Å². The van der Waals surface area contributed by atoms with Crippen molar-refractivity contribution in [1.29, 1.82) is 0 Å². The van der Waals surface area contributed by atoms with Gasteiger partial charge in [-0.15, -0.1) is 11.3 Å². The average Bonchev–Trinajstić information content (AvgIpc) is 3.28. The third-order valence-electron chi connectivity index (χ3n) is 4.98. The van der Waals surface area contributed by atoms with E-state index >= 15 is 0 Å². The molecule has 2 aliphatic heterocycles. The minimum absolute atomic E-state index is 0.339. The molecular formula is C18H22N2O3S2. The maximum atomic E-state index is 12.9. The van der Waals surface area contributed by atoms with Crippen LogP contribution >= 0.6 is 11.3 Å². The number of nitrogens with zero attached hydrogens (tertiary/aromatic N) is 2. The van der Waals surface area contributed by atoms with E-state index in [9.17, 15) is 8.42 Å². The minimum Gasteiger partial charge on any atom is -0.366 e. The van der Waals surface area contributed by atoms with Gasteiger partial charge >= 0.3 is 0 Å². The molecule has 0 spiro atoms. The van der Waals surface area contributed by atoms with Crippen molar-refractivity contribution >= 4 is 27.0 Å². The van der Waals surface area contributed by atoms with Gasteiger partial charge in [0.15, 0.2) is 0 Å². The van der Waals surface area contributed by atoms with E-state index in [-0.39, 0.29) is 6.10 Å². The van der Waals surface area contributed by atoms with Gasteiger partial charge < -0.3 is 9.64 Å². The highest BCUT2D eigenvalue weighted by molar-refractivity contribution is 7.93. The van der Waals surface area contributed by atoms with Gasteiger partial charge in [0.1, 0.15) is 11.0 Å². The topological polar surface area (TPSA) is 49.9 Å². The molecule has 5 nitrogen and oxygen atoms in total. The van der Waals surface area contributed by atoms with Crippen LogP contribution in [0.25, 0.3) is 0 Å². The molecule has 7 heteroatoms. The Kier molecular flexibility index (Phi) is 4.58. The number of ether oxygens (including phenoxy) is 1. The van der Waals surface area contributed by atoms with Crippen LogP contribution in [-0.4, -0.2) is 46.6 Å². The Morgan fingerprint density at radius 3 is 2.76 bits per heavy atom. The summed E-state index contributed by atoms with van der Waals surface area (Å²) >= 11 is 1.45. The molecular weight excluding hydrogens is 356 g/mol. The van der Waals surface area contributed by atoms with E-state index < -0.39 is 10.0 Å². The van der Waals surface area contributed by atoms with Crippen molar-refractivity contribution in [2.75, 3.05) is 37.6 Å². The molecule has 3 heterocycles.